The molecule has 11 heteroatoms. The summed E-state index contributed by atoms with van der Waals surface area (Å²) in [4.78, 5) is 58.7. The fraction of sp³-hybridized carbons (Fsp3) is 0.321. The second kappa shape index (κ2) is 12.2. The van der Waals surface area contributed by atoms with Crippen LogP contribution in [-0.2, 0) is 32.1 Å². The van der Waals surface area contributed by atoms with Crippen molar-refractivity contribution in [2.75, 3.05) is 33.4 Å². The van der Waals surface area contributed by atoms with Gasteiger partial charge in [0, 0.05) is 18.5 Å². The molecule has 0 radical (unpaired) electrons. The lowest BCUT2D eigenvalue weighted by atomic mass is 10.0. The zero-order valence-corrected chi connectivity index (χ0v) is 21.8. The molecule has 1 atom stereocenters. The van der Waals surface area contributed by atoms with E-state index >= 15 is 0 Å². The van der Waals surface area contributed by atoms with Crippen LogP contribution in [0.5, 0.6) is 5.75 Å². The monoisotopic (exact) mass is 534 g/mol. The highest BCUT2D eigenvalue weighted by Crippen LogP contribution is 2.31. The lowest BCUT2D eigenvalue weighted by Gasteiger charge is -2.39. The third kappa shape index (κ3) is 6.08. The van der Waals surface area contributed by atoms with Gasteiger partial charge in [-0.15, -0.1) is 0 Å². The predicted octanol–water partition coefficient (Wildman–Crippen LogP) is 2.30. The maximum absolute atomic E-state index is 13.4. The lowest BCUT2D eigenvalue weighted by Crippen LogP contribution is -2.60. The molecule has 204 valence electrons. The van der Waals surface area contributed by atoms with Gasteiger partial charge in [-0.25, -0.2) is 9.59 Å². The molecule has 3 aromatic rings. The van der Waals surface area contributed by atoms with Crippen molar-refractivity contribution < 1.29 is 33.4 Å². The number of ether oxygens (including phenoxy) is 3. The van der Waals surface area contributed by atoms with Gasteiger partial charge in [-0.2, -0.15) is 0 Å². The van der Waals surface area contributed by atoms with Crippen molar-refractivity contribution in [2.24, 2.45) is 5.73 Å². The molecule has 0 bridgehead atoms. The van der Waals surface area contributed by atoms with Crippen molar-refractivity contribution >= 4 is 34.8 Å². The Morgan fingerprint density at radius 2 is 1.72 bits per heavy atom. The highest BCUT2D eigenvalue weighted by molar-refractivity contribution is 6.04. The van der Waals surface area contributed by atoms with Crippen LogP contribution in [0.2, 0.25) is 0 Å². The molecule has 4 rings (SSSR count). The normalized spacial score (nSPS) is 15.1. The number of carbonyl (C=O) groups excluding carboxylic acids is 4. The van der Waals surface area contributed by atoms with Crippen LogP contribution in [0.1, 0.15) is 28.5 Å². The molecule has 0 spiro atoms. The Kier molecular flexibility index (Phi) is 8.60. The van der Waals surface area contributed by atoms with Crippen molar-refractivity contribution in [2.45, 2.75) is 26.0 Å². The number of nitrogens with zero attached hydrogens (tertiary/aromatic N) is 3. The van der Waals surface area contributed by atoms with Gasteiger partial charge in [-0.05, 0) is 24.6 Å². The van der Waals surface area contributed by atoms with Crippen molar-refractivity contribution in [3.8, 4) is 5.75 Å². The van der Waals surface area contributed by atoms with Gasteiger partial charge < -0.3 is 24.8 Å². The van der Waals surface area contributed by atoms with E-state index in [1.165, 1.54) is 16.9 Å². The van der Waals surface area contributed by atoms with E-state index in [0.29, 0.717) is 10.9 Å². The lowest BCUT2D eigenvalue weighted by molar-refractivity contribution is -0.154. The van der Waals surface area contributed by atoms with Crippen molar-refractivity contribution in [1.29, 1.82) is 0 Å². The van der Waals surface area contributed by atoms with Crippen LogP contribution in [-0.4, -0.2) is 78.1 Å². The quantitative estimate of drug-likeness (QED) is 0.434. The molecule has 0 saturated carbocycles. The van der Waals surface area contributed by atoms with Crippen LogP contribution in [0.15, 0.2) is 54.6 Å². The van der Waals surface area contributed by atoms with E-state index in [4.69, 9.17) is 19.9 Å². The van der Waals surface area contributed by atoms with Crippen molar-refractivity contribution in [3.05, 3.63) is 71.4 Å². The van der Waals surface area contributed by atoms with Crippen LogP contribution in [0.3, 0.4) is 0 Å². The summed E-state index contributed by atoms with van der Waals surface area (Å²) in [7, 11) is 1.42. The van der Waals surface area contributed by atoms with Crippen molar-refractivity contribution in [1.82, 2.24) is 14.8 Å². The number of methoxy groups -OCH3 is 1. The Bertz CT molecular complexity index is 1380. The number of carbonyl (C=O) groups is 4. The fourth-order valence-corrected chi connectivity index (χ4v) is 4.54. The molecule has 3 amide bonds. The average Bonchev–Trinajstić information content (AvgIpc) is 2.95. The minimum Gasteiger partial charge on any atom is -0.495 e. The molecule has 2 heterocycles. The number of hydrogen-bond acceptors (Lipinski definition) is 8. The number of aromatic nitrogens is 1. The van der Waals surface area contributed by atoms with Gasteiger partial charge in [0.2, 0.25) is 5.91 Å². The van der Waals surface area contributed by atoms with E-state index in [-0.39, 0.29) is 56.3 Å². The summed E-state index contributed by atoms with van der Waals surface area (Å²) < 4.78 is 16.1. The molecule has 1 fully saturated rings. The predicted molar refractivity (Wildman–Crippen MR) is 141 cm³/mol. The summed E-state index contributed by atoms with van der Waals surface area (Å²) in [5.74, 6) is -1.59. The number of benzene rings is 2. The Balaban J connectivity index is 1.56. The number of amides is 3. The van der Waals surface area contributed by atoms with Gasteiger partial charge in [-0.1, -0.05) is 42.5 Å². The molecule has 39 heavy (non-hydrogen) atoms. The fourth-order valence-electron chi connectivity index (χ4n) is 4.54. The molecule has 1 aromatic heterocycles. The minimum absolute atomic E-state index is 0.0174. The molecule has 1 unspecified atom stereocenters. The third-order valence-electron chi connectivity index (χ3n) is 6.42. The molecule has 1 aliphatic rings. The van der Waals surface area contributed by atoms with Gasteiger partial charge in [0.25, 0.3) is 5.91 Å². The summed E-state index contributed by atoms with van der Waals surface area (Å²) in [6, 6.07) is 15.1. The molecule has 0 aliphatic carbocycles. The highest BCUT2D eigenvalue weighted by Gasteiger charge is 2.39. The number of primary amides is 1. The maximum Gasteiger partial charge on any atom is 0.410 e. The second-order valence-corrected chi connectivity index (χ2v) is 8.87. The third-order valence-corrected chi connectivity index (χ3v) is 6.42. The maximum atomic E-state index is 13.4. The first kappa shape index (κ1) is 27.4. The molecule has 2 N–H and O–H groups in total. The first-order valence-corrected chi connectivity index (χ1v) is 12.5. The molecule has 11 nitrogen and oxygen atoms in total. The van der Waals surface area contributed by atoms with Gasteiger partial charge in [0.05, 0.1) is 37.9 Å². The van der Waals surface area contributed by atoms with E-state index in [1.807, 2.05) is 30.3 Å². The number of para-hydroxylation sites is 1. The topological polar surface area (TPSA) is 141 Å². The molecular weight excluding hydrogens is 504 g/mol. The number of nitrogens with two attached hydrogens (primary N) is 1. The summed E-state index contributed by atoms with van der Waals surface area (Å²) >= 11 is 0. The highest BCUT2D eigenvalue weighted by atomic mass is 16.6. The smallest absolute Gasteiger partial charge is 0.410 e. The Morgan fingerprint density at radius 3 is 2.41 bits per heavy atom. The summed E-state index contributed by atoms with van der Waals surface area (Å²) in [6.45, 7) is 1.92. The minimum atomic E-state index is -1.07. The van der Waals surface area contributed by atoms with E-state index in [1.54, 1.807) is 31.2 Å². The van der Waals surface area contributed by atoms with Crippen molar-refractivity contribution in [3.63, 3.8) is 0 Å². The standard InChI is InChI=1S/C28H30N4O7/c1-3-38-28(36)32-14-13-31(16-22(32)27(35)39-17-18-9-5-4-6-10-18)23(33)15-21-24(26(29)34)25(37-2)19-11-7-8-12-20(19)30-21/h4-12,22H,3,13-17H2,1-2H3,(H2,29,34). The number of rotatable bonds is 8. The van der Waals surface area contributed by atoms with Crippen LogP contribution in [0.25, 0.3) is 10.9 Å². The summed E-state index contributed by atoms with van der Waals surface area (Å²) in [6.07, 6.45) is -0.923. The van der Waals surface area contributed by atoms with Gasteiger partial charge in [0.15, 0.2) is 6.04 Å². The Labute approximate surface area is 225 Å². The zero-order valence-electron chi connectivity index (χ0n) is 21.8. The first-order valence-electron chi connectivity index (χ1n) is 12.5. The van der Waals surface area contributed by atoms with Gasteiger partial charge in [-0.3, -0.25) is 19.5 Å². The Morgan fingerprint density at radius 1 is 1.00 bits per heavy atom. The number of esters is 1. The number of pyridine rings is 1. The zero-order chi connectivity index (χ0) is 27.9. The largest absolute Gasteiger partial charge is 0.495 e. The molecule has 1 aliphatic heterocycles. The van der Waals surface area contributed by atoms with Crippen LogP contribution >= 0.6 is 0 Å². The van der Waals surface area contributed by atoms with E-state index in [9.17, 15) is 19.2 Å². The summed E-state index contributed by atoms with van der Waals surface area (Å²) in [5, 5.41) is 0.592. The number of fused-ring (bicyclic) bond motifs is 1. The average molecular weight is 535 g/mol. The SMILES string of the molecule is CCOC(=O)N1CCN(C(=O)Cc2nc3ccccc3c(OC)c2C(N)=O)CC1C(=O)OCc1ccccc1. The van der Waals surface area contributed by atoms with E-state index in [2.05, 4.69) is 4.98 Å². The van der Waals surface area contributed by atoms with E-state index in [0.717, 1.165) is 5.56 Å². The number of hydrogen-bond donors (Lipinski definition) is 1. The van der Waals surface area contributed by atoms with Crippen LogP contribution in [0, 0.1) is 0 Å². The van der Waals surface area contributed by atoms with Gasteiger partial charge in [0.1, 0.15) is 17.9 Å². The van der Waals surface area contributed by atoms with Crippen LogP contribution < -0.4 is 10.5 Å². The molecule has 2 aromatic carbocycles. The van der Waals surface area contributed by atoms with Crippen LogP contribution in [0.4, 0.5) is 4.79 Å². The summed E-state index contributed by atoms with van der Waals surface area (Å²) in [5.41, 5.74) is 7.17. The second-order valence-electron chi connectivity index (χ2n) is 8.87. The number of piperazine rings is 1. The first-order chi connectivity index (χ1) is 18.8. The molecular formula is C28H30N4O7. The van der Waals surface area contributed by atoms with E-state index < -0.39 is 29.9 Å². The molecule has 1 saturated heterocycles. The van der Waals surface area contributed by atoms with Gasteiger partial charge >= 0.3 is 12.1 Å². The Hall–Kier alpha value is -4.67.